The van der Waals surface area contributed by atoms with E-state index in [-0.39, 0.29) is 0 Å². The molecule has 0 amide bonds. The van der Waals surface area contributed by atoms with E-state index in [0.717, 1.165) is 5.56 Å². The number of methoxy groups -OCH3 is 2. The molecule has 1 unspecified atom stereocenters. The second-order valence-electron chi connectivity index (χ2n) is 4.45. The maximum absolute atomic E-state index is 10.1. The Kier molecular flexibility index (Phi) is 5.30. The summed E-state index contributed by atoms with van der Waals surface area (Å²) >= 11 is 0. The molecule has 0 aliphatic rings. The average Bonchev–Trinajstić information content (AvgIpc) is 2.35. The van der Waals surface area contributed by atoms with Crippen LogP contribution in [0.25, 0.3) is 0 Å². The number of hydrogen-bond donors (Lipinski definition) is 2. The highest BCUT2D eigenvalue weighted by Gasteiger charge is 2.20. The van der Waals surface area contributed by atoms with Crippen LogP contribution in [0.3, 0.4) is 0 Å². The van der Waals surface area contributed by atoms with Crippen molar-refractivity contribution < 1.29 is 14.6 Å². The smallest absolute Gasteiger partial charge is 0.221 e. The quantitative estimate of drug-likeness (QED) is 0.756. The lowest BCUT2D eigenvalue weighted by atomic mass is 10.0. The second-order valence-corrected chi connectivity index (χ2v) is 4.45. The van der Waals surface area contributed by atoms with Gasteiger partial charge < -0.3 is 19.9 Å². The first-order valence-electron chi connectivity index (χ1n) is 5.81. The molecule has 1 atom stereocenters. The summed E-state index contributed by atoms with van der Waals surface area (Å²) in [5.74, 6) is 1.20. The lowest BCUT2D eigenvalue weighted by Gasteiger charge is -2.24. The number of anilines is 1. The van der Waals surface area contributed by atoms with Gasteiger partial charge in [0.25, 0.3) is 0 Å². The SMILES string of the molecule is COCCC(C)(O)CNc1ncnc(OC)c1C. The van der Waals surface area contributed by atoms with E-state index in [0.29, 0.717) is 31.3 Å². The molecule has 1 rings (SSSR count). The van der Waals surface area contributed by atoms with Gasteiger partial charge in [-0.2, -0.15) is 0 Å². The van der Waals surface area contributed by atoms with Crippen LogP contribution >= 0.6 is 0 Å². The Morgan fingerprint density at radius 2 is 2.11 bits per heavy atom. The van der Waals surface area contributed by atoms with E-state index in [2.05, 4.69) is 15.3 Å². The second kappa shape index (κ2) is 6.51. The molecule has 0 bridgehead atoms. The van der Waals surface area contributed by atoms with Crippen LogP contribution in [-0.2, 0) is 4.74 Å². The zero-order valence-electron chi connectivity index (χ0n) is 11.4. The molecule has 0 aliphatic heterocycles. The summed E-state index contributed by atoms with van der Waals surface area (Å²) in [4.78, 5) is 8.12. The first-order chi connectivity index (χ1) is 8.50. The molecule has 0 aromatic carbocycles. The molecule has 6 nitrogen and oxygen atoms in total. The Labute approximate surface area is 107 Å². The molecule has 102 valence electrons. The number of rotatable bonds is 7. The van der Waals surface area contributed by atoms with Crippen molar-refractivity contribution in [1.82, 2.24) is 9.97 Å². The van der Waals surface area contributed by atoms with Gasteiger partial charge in [0.2, 0.25) is 5.88 Å². The summed E-state index contributed by atoms with van der Waals surface area (Å²) in [6.07, 6.45) is 1.98. The molecule has 0 radical (unpaired) electrons. The zero-order valence-corrected chi connectivity index (χ0v) is 11.4. The van der Waals surface area contributed by atoms with E-state index >= 15 is 0 Å². The summed E-state index contributed by atoms with van der Waals surface area (Å²) in [5.41, 5.74) is -0.0248. The highest BCUT2D eigenvalue weighted by Crippen LogP contribution is 2.20. The van der Waals surface area contributed by atoms with E-state index in [1.807, 2.05) is 6.92 Å². The Morgan fingerprint density at radius 3 is 2.72 bits per heavy atom. The summed E-state index contributed by atoms with van der Waals surface area (Å²) in [5, 5.41) is 13.2. The molecule has 1 aromatic heterocycles. The van der Waals surface area contributed by atoms with Gasteiger partial charge in [0.05, 0.1) is 18.3 Å². The van der Waals surface area contributed by atoms with E-state index in [4.69, 9.17) is 9.47 Å². The lowest BCUT2D eigenvalue weighted by molar-refractivity contribution is 0.0357. The van der Waals surface area contributed by atoms with E-state index in [1.54, 1.807) is 21.1 Å². The molecule has 1 aromatic rings. The fraction of sp³-hybridized carbons (Fsp3) is 0.667. The Hall–Kier alpha value is -1.40. The van der Waals surface area contributed by atoms with Gasteiger partial charge in [-0.05, 0) is 13.8 Å². The molecule has 0 spiro atoms. The molecule has 0 saturated carbocycles. The monoisotopic (exact) mass is 255 g/mol. The minimum Gasteiger partial charge on any atom is -0.481 e. The predicted octanol–water partition coefficient (Wildman–Crippen LogP) is 0.993. The van der Waals surface area contributed by atoms with Gasteiger partial charge in [0, 0.05) is 26.7 Å². The van der Waals surface area contributed by atoms with Crippen molar-refractivity contribution in [2.45, 2.75) is 25.9 Å². The number of nitrogens with one attached hydrogen (secondary N) is 1. The molecule has 0 saturated heterocycles. The lowest BCUT2D eigenvalue weighted by Crippen LogP contribution is -2.35. The summed E-state index contributed by atoms with van der Waals surface area (Å²) in [6.45, 7) is 4.52. The summed E-state index contributed by atoms with van der Waals surface area (Å²) in [6, 6.07) is 0. The van der Waals surface area contributed by atoms with Crippen molar-refractivity contribution in [1.29, 1.82) is 0 Å². The van der Waals surface area contributed by atoms with Crippen molar-refractivity contribution in [3.8, 4) is 5.88 Å². The Morgan fingerprint density at radius 1 is 1.39 bits per heavy atom. The minimum atomic E-state index is -0.847. The van der Waals surface area contributed by atoms with Gasteiger partial charge in [0.15, 0.2) is 0 Å². The highest BCUT2D eigenvalue weighted by molar-refractivity contribution is 5.47. The van der Waals surface area contributed by atoms with Crippen molar-refractivity contribution in [2.75, 3.05) is 32.7 Å². The normalized spacial score (nSPS) is 14.1. The van der Waals surface area contributed by atoms with Crippen molar-refractivity contribution in [3.05, 3.63) is 11.9 Å². The molecule has 0 fully saturated rings. The summed E-state index contributed by atoms with van der Waals surface area (Å²) < 4.78 is 10.1. The number of aromatic nitrogens is 2. The zero-order chi connectivity index (χ0) is 13.6. The van der Waals surface area contributed by atoms with Crippen LogP contribution in [0.5, 0.6) is 5.88 Å². The molecule has 1 heterocycles. The maximum Gasteiger partial charge on any atom is 0.221 e. The molecule has 2 N–H and O–H groups in total. The average molecular weight is 255 g/mol. The molecule has 0 aliphatic carbocycles. The third kappa shape index (κ3) is 4.12. The van der Waals surface area contributed by atoms with Crippen LogP contribution < -0.4 is 10.1 Å². The van der Waals surface area contributed by atoms with Crippen LogP contribution in [-0.4, -0.2) is 48.0 Å². The predicted molar refractivity (Wildman–Crippen MR) is 68.9 cm³/mol. The fourth-order valence-corrected chi connectivity index (χ4v) is 1.50. The van der Waals surface area contributed by atoms with Crippen molar-refractivity contribution in [2.24, 2.45) is 0 Å². The molecule has 6 heteroatoms. The van der Waals surface area contributed by atoms with Crippen LogP contribution in [0.15, 0.2) is 6.33 Å². The topological polar surface area (TPSA) is 76.5 Å². The number of nitrogens with zero attached hydrogens (tertiary/aromatic N) is 2. The van der Waals surface area contributed by atoms with Gasteiger partial charge in [-0.1, -0.05) is 0 Å². The van der Waals surface area contributed by atoms with E-state index in [9.17, 15) is 5.11 Å². The number of hydrogen-bond acceptors (Lipinski definition) is 6. The van der Waals surface area contributed by atoms with Crippen LogP contribution in [0.4, 0.5) is 5.82 Å². The third-order valence-electron chi connectivity index (χ3n) is 2.71. The van der Waals surface area contributed by atoms with Gasteiger partial charge in [0.1, 0.15) is 12.1 Å². The third-order valence-corrected chi connectivity index (χ3v) is 2.71. The van der Waals surface area contributed by atoms with Gasteiger partial charge >= 0.3 is 0 Å². The standard InChI is InChI=1S/C12H21N3O3/c1-9-10(14-8-15-11(9)18-4)13-7-12(2,16)5-6-17-3/h8,16H,5-7H2,1-4H3,(H,13,14,15). The van der Waals surface area contributed by atoms with Gasteiger partial charge in [-0.15, -0.1) is 0 Å². The fourth-order valence-electron chi connectivity index (χ4n) is 1.50. The Bertz CT molecular complexity index is 383. The van der Waals surface area contributed by atoms with Crippen molar-refractivity contribution in [3.63, 3.8) is 0 Å². The van der Waals surface area contributed by atoms with Crippen LogP contribution in [0.1, 0.15) is 18.9 Å². The number of ether oxygens (including phenoxy) is 2. The van der Waals surface area contributed by atoms with E-state index in [1.165, 1.54) is 6.33 Å². The van der Waals surface area contributed by atoms with E-state index < -0.39 is 5.60 Å². The first kappa shape index (κ1) is 14.7. The number of aliphatic hydroxyl groups is 1. The summed E-state index contributed by atoms with van der Waals surface area (Å²) in [7, 11) is 3.18. The molecular weight excluding hydrogens is 234 g/mol. The van der Waals surface area contributed by atoms with Crippen LogP contribution in [0, 0.1) is 6.92 Å². The van der Waals surface area contributed by atoms with Gasteiger partial charge in [-0.3, -0.25) is 0 Å². The maximum atomic E-state index is 10.1. The first-order valence-corrected chi connectivity index (χ1v) is 5.81. The Balaban J connectivity index is 2.63. The largest absolute Gasteiger partial charge is 0.481 e. The molecule has 18 heavy (non-hydrogen) atoms. The molecular formula is C12H21N3O3. The van der Waals surface area contributed by atoms with Gasteiger partial charge in [-0.25, -0.2) is 9.97 Å². The highest BCUT2D eigenvalue weighted by atomic mass is 16.5. The minimum absolute atomic E-state index is 0.386. The van der Waals surface area contributed by atoms with Crippen molar-refractivity contribution >= 4 is 5.82 Å². The van der Waals surface area contributed by atoms with Crippen LogP contribution in [0.2, 0.25) is 0 Å².